The number of nitrogens with one attached hydrogen (secondary N) is 1. The topological polar surface area (TPSA) is 15.3 Å². The van der Waals surface area contributed by atoms with Crippen LogP contribution in [0.15, 0.2) is 30.3 Å². The molecule has 3 rings (SSSR count). The van der Waals surface area contributed by atoms with Crippen LogP contribution in [0.1, 0.15) is 43.6 Å². The van der Waals surface area contributed by atoms with E-state index in [-0.39, 0.29) is 0 Å². The molecule has 1 N–H and O–H groups in total. The van der Waals surface area contributed by atoms with E-state index in [1.165, 1.54) is 57.3 Å². The van der Waals surface area contributed by atoms with Crippen LogP contribution in [0.25, 0.3) is 0 Å². The van der Waals surface area contributed by atoms with E-state index in [4.69, 9.17) is 0 Å². The van der Waals surface area contributed by atoms with E-state index in [1.807, 2.05) is 0 Å². The Bertz CT molecular complexity index is 403. The molecule has 0 radical (unpaired) electrons. The van der Waals surface area contributed by atoms with Crippen LogP contribution in [0.3, 0.4) is 0 Å². The van der Waals surface area contributed by atoms with E-state index in [9.17, 15) is 0 Å². The van der Waals surface area contributed by atoms with Crippen LogP contribution in [0.2, 0.25) is 0 Å². The van der Waals surface area contributed by atoms with Crippen molar-refractivity contribution in [2.75, 3.05) is 26.7 Å². The van der Waals surface area contributed by atoms with Gasteiger partial charge < -0.3 is 10.2 Å². The molecular formula is C18H28N2. The zero-order chi connectivity index (χ0) is 13.8. The predicted octanol–water partition coefficient (Wildman–Crippen LogP) is 3.25. The molecular weight excluding hydrogens is 244 g/mol. The van der Waals surface area contributed by atoms with Crippen molar-refractivity contribution in [2.45, 2.75) is 44.1 Å². The van der Waals surface area contributed by atoms with Gasteiger partial charge in [0.2, 0.25) is 0 Å². The SMILES string of the molecule is CNC1CCCCC1CN1CCC(c2ccccc2)C1. The summed E-state index contributed by atoms with van der Waals surface area (Å²) in [5.74, 6) is 1.62. The van der Waals surface area contributed by atoms with Crippen molar-refractivity contribution in [3.05, 3.63) is 35.9 Å². The van der Waals surface area contributed by atoms with Crippen molar-refractivity contribution in [3.8, 4) is 0 Å². The lowest BCUT2D eigenvalue weighted by molar-refractivity contribution is 0.193. The van der Waals surface area contributed by atoms with Crippen LogP contribution in [0.5, 0.6) is 0 Å². The summed E-state index contributed by atoms with van der Waals surface area (Å²) in [5, 5.41) is 3.54. The molecule has 0 bridgehead atoms. The number of hydrogen-bond acceptors (Lipinski definition) is 2. The van der Waals surface area contributed by atoms with Gasteiger partial charge in [0, 0.05) is 19.1 Å². The van der Waals surface area contributed by atoms with Crippen molar-refractivity contribution in [1.29, 1.82) is 0 Å². The standard InChI is InChI=1S/C18H28N2/c1-19-18-10-6-5-9-17(18)14-20-12-11-16(13-20)15-7-3-2-4-8-15/h2-4,7-8,16-19H,5-6,9-14H2,1H3. The molecule has 2 fully saturated rings. The van der Waals surface area contributed by atoms with Crippen LogP contribution >= 0.6 is 0 Å². The second-order valence-corrected chi connectivity index (χ2v) is 6.60. The highest BCUT2D eigenvalue weighted by atomic mass is 15.2. The van der Waals surface area contributed by atoms with Gasteiger partial charge in [0.05, 0.1) is 0 Å². The Labute approximate surface area is 123 Å². The fourth-order valence-electron chi connectivity index (χ4n) is 4.13. The van der Waals surface area contributed by atoms with Gasteiger partial charge in [0.15, 0.2) is 0 Å². The molecule has 0 aromatic heterocycles. The minimum atomic E-state index is 0.750. The molecule has 3 atom stereocenters. The quantitative estimate of drug-likeness (QED) is 0.905. The Morgan fingerprint density at radius 2 is 1.90 bits per heavy atom. The number of hydrogen-bond donors (Lipinski definition) is 1. The molecule has 110 valence electrons. The van der Waals surface area contributed by atoms with E-state index in [2.05, 4.69) is 47.6 Å². The maximum absolute atomic E-state index is 3.54. The monoisotopic (exact) mass is 272 g/mol. The third-order valence-corrected chi connectivity index (χ3v) is 5.32. The largest absolute Gasteiger partial charge is 0.317 e. The molecule has 0 amide bonds. The second-order valence-electron chi connectivity index (χ2n) is 6.60. The molecule has 1 saturated heterocycles. The van der Waals surface area contributed by atoms with Crippen molar-refractivity contribution in [3.63, 3.8) is 0 Å². The van der Waals surface area contributed by atoms with Crippen LogP contribution in [0.4, 0.5) is 0 Å². The highest BCUT2D eigenvalue weighted by molar-refractivity contribution is 5.21. The molecule has 1 aliphatic carbocycles. The number of benzene rings is 1. The molecule has 2 nitrogen and oxygen atoms in total. The van der Waals surface area contributed by atoms with Gasteiger partial charge in [0.1, 0.15) is 0 Å². The highest BCUT2D eigenvalue weighted by Gasteiger charge is 2.29. The highest BCUT2D eigenvalue weighted by Crippen LogP contribution is 2.30. The fraction of sp³-hybridized carbons (Fsp3) is 0.667. The van der Waals surface area contributed by atoms with E-state index in [0.717, 1.165) is 17.9 Å². The molecule has 3 unspecified atom stereocenters. The first-order valence-electron chi connectivity index (χ1n) is 8.31. The molecule has 1 aliphatic heterocycles. The lowest BCUT2D eigenvalue weighted by atomic mass is 9.84. The number of nitrogens with zero attached hydrogens (tertiary/aromatic N) is 1. The Balaban J connectivity index is 1.55. The lowest BCUT2D eigenvalue weighted by Gasteiger charge is -2.34. The molecule has 1 aromatic carbocycles. The van der Waals surface area contributed by atoms with Crippen LogP contribution in [-0.2, 0) is 0 Å². The molecule has 1 heterocycles. The fourth-order valence-corrected chi connectivity index (χ4v) is 4.13. The average Bonchev–Trinajstić information content (AvgIpc) is 2.97. The van der Waals surface area contributed by atoms with Gasteiger partial charge in [-0.15, -0.1) is 0 Å². The van der Waals surface area contributed by atoms with E-state index in [1.54, 1.807) is 0 Å². The van der Waals surface area contributed by atoms with Crippen molar-refractivity contribution in [2.24, 2.45) is 5.92 Å². The average molecular weight is 272 g/mol. The summed E-state index contributed by atoms with van der Waals surface area (Å²) in [6.45, 7) is 3.85. The number of likely N-dealkylation sites (tertiary alicyclic amines) is 1. The molecule has 20 heavy (non-hydrogen) atoms. The Kier molecular flexibility index (Phi) is 4.74. The van der Waals surface area contributed by atoms with Gasteiger partial charge in [-0.1, -0.05) is 43.2 Å². The first-order valence-corrected chi connectivity index (χ1v) is 8.31. The Morgan fingerprint density at radius 1 is 1.10 bits per heavy atom. The summed E-state index contributed by atoms with van der Waals surface area (Å²) in [5.41, 5.74) is 1.53. The van der Waals surface area contributed by atoms with Gasteiger partial charge >= 0.3 is 0 Å². The smallest absolute Gasteiger partial charge is 0.0104 e. The minimum Gasteiger partial charge on any atom is -0.317 e. The third kappa shape index (κ3) is 3.24. The summed E-state index contributed by atoms with van der Waals surface area (Å²) in [6.07, 6.45) is 6.96. The summed E-state index contributed by atoms with van der Waals surface area (Å²) < 4.78 is 0. The minimum absolute atomic E-state index is 0.750. The zero-order valence-electron chi connectivity index (χ0n) is 12.7. The van der Waals surface area contributed by atoms with Crippen molar-refractivity contribution in [1.82, 2.24) is 10.2 Å². The maximum atomic E-state index is 3.54. The summed E-state index contributed by atoms with van der Waals surface area (Å²) in [7, 11) is 2.14. The van der Waals surface area contributed by atoms with E-state index in [0.29, 0.717) is 0 Å². The summed E-state index contributed by atoms with van der Waals surface area (Å²) >= 11 is 0. The Hall–Kier alpha value is -0.860. The lowest BCUT2D eigenvalue weighted by Crippen LogP contribution is -2.42. The van der Waals surface area contributed by atoms with Gasteiger partial charge in [-0.2, -0.15) is 0 Å². The van der Waals surface area contributed by atoms with Gasteiger partial charge in [-0.05, 0) is 50.3 Å². The predicted molar refractivity (Wildman–Crippen MR) is 85.0 cm³/mol. The Morgan fingerprint density at radius 3 is 2.70 bits per heavy atom. The van der Waals surface area contributed by atoms with Gasteiger partial charge in [-0.25, -0.2) is 0 Å². The van der Waals surface area contributed by atoms with Crippen molar-refractivity contribution < 1.29 is 0 Å². The molecule has 2 aliphatic rings. The number of rotatable bonds is 4. The van der Waals surface area contributed by atoms with E-state index >= 15 is 0 Å². The van der Waals surface area contributed by atoms with Gasteiger partial charge in [-0.3, -0.25) is 0 Å². The second kappa shape index (κ2) is 6.73. The normalized spacial score (nSPS) is 31.6. The molecule has 2 heteroatoms. The first-order chi connectivity index (χ1) is 9.86. The summed E-state index contributed by atoms with van der Waals surface area (Å²) in [4.78, 5) is 2.71. The van der Waals surface area contributed by atoms with Crippen molar-refractivity contribution >= 4 is 0 Å². The molecule has 0 spiro atoms. The maximum Gasteiger partial charge on any atom is 0.0104 e. The van der Waals surface area contributed by atoms with Crippen LogP contribution < -0.4 is 5.32 Å². The summed E-state index contributed by atoms with van der Waals surface area (Å²) in [6, 6.07) is 11.8. The van der Waals surface area contributed by atoms with Crippen LogP contribution in [-0.4, -0.2) is 37.6 Å². The van der Waals surface area contributed by atoms with Gasteiger partial charge in [0.25, 0.3) is 0 Å². The third-order valence-electron chi connectivity index (χ3n) is 5.32. The zero-order valence-corrected chi connectivity index (χ0v) is 12.7. The first kappa shape index (κ1) is 14.1. The van der Waals surface area contributed by atoms with E-state index < -0.39 is 0 Å². The molecule has 1 aromatic rings. The molecule has 1 saturated carbocycles. The van der Waals surface area contributed by atoms with Crippen LogP contribution in [0, 0.1) is 5.92 Å².